The van der Waals surface area contributed by atoms with Gasteiger partial charge in [0.05, 0.1) is 6.10 Å². The van der Waals surface area contributed by atoms with E-state index in [1.165, 1.54) is 0 Å². The summed E-state index contributed by atoms with van der Waals surface area (Å²) in [6.45, 7) is 6.05. The van der Waals surface area contributed by atoms with Crippen LogP contribution >= 0.6 is 0 Å². The molecule has 1 atom stereocenters. The molecule has 0 radical (unpaired) electrons. The number of hydrogen-bond acceptors (Lipinski definition) is 2. The SMILES string of the molecule is CC(C)Oc1cccc(C(C)CC=O)c1. The Morgan fingerprint density at radius 2 is 2.07 bits per heavy atom. The van der Waals surface area contributed by atoms with E-state index in [0.717, 1.165) is 17.6 Å². The molecule has 1 rings (SSSR count). The minimum Gasteiger partial charge on any atom is -0.491 e. The Bertz CT molecular complexity index is 318. The number of rotatable bonds is 5. The molecule has 0 heterocycles. The highest BCUT2D eigenvalue weighted by atomic mass is 16.5. The molecule has 82 valence electrons. The summed E-state index contributed by atoms with van der Waals surface area (Å²) >= 11 is 0. The lowest BCUT2D eigenvalue weighted by atomic mass is 9.98. The molecule has 0 saturated carbocycles. The van der Waals surface area contributed by atoms with Crippen molar-refractivity contribution in [3.63, 3.8) is 0 Å². The Hall–Kier alpha value is -1.31. The highest BCUT2D eigenvalue weighted by molar-refractivity contribution is 5.51. The Morgan fingerprint density at radius 1 is 1.33 bits per heavy atom. The van der Waals surface area contributed by atoms with Crippen molar-refractivity contribution in [1.29, 1.82) is 0 Å². The molecule has 2 nitrogen and oxygen atoms in total. The van der Waals surface area contributed by atoms with Gasteiger partial charge in [-0.3, -0.25) is 0 Å². The lowest BCUT2D eigenvalue weighted by Crippen LogP contribution is -2.06. The summed E-state index contributed by atoms with van der Waals surface area (Å²) in [5.41, 5.74) is 1.15. The summed E-state index contributed by atoms with van der Waals surface area (Å²) in [6.07, 6.45) is 1.70. The Kier molecular flexibility index (Phi) is 4.35. The maximum Gasteiger partial charge on any atom is 0.120 e. The van der Waals surface area contributed by atoms with Gasteiger partial charge in [0.1, 0.15) is 12.0 Å². The quantitative estimate of drug-likeness (QED) is 0.692. The van der Waals surface area contributed by atoms with E-state index in [-0.39, 0.29) is 12.0 Å². The van der Waals surface area contributed by atoms with E-state index in [2.05, 4.69) is 0 Å². The van der Waals surface area contributed by atoms with Crippen LogP contribution in [0.15, 0.2) is 24.3 Å². The van der Waals surface area contributed by atoms with E-state index in [1.54, 1.807) is 0 Å². The fraction of sp³-hybridized carbons (Fsp3) is 0.462. The van der Waals surface area contributed by atoms with Crippen LogP contribution in [0.1, 0.15) is 38.7 Å². The molecule has 2 heteroatoms. The summed E-state index contributed by atoms with van der Waals surface area (Å²) < 4.78 is 5.59. The second kappa shape index (κ2) is 5.54. The van der Waals surface area contributed by atoms with Gasteiger partial charge < -0.3 is 9.53 Å². The maximum atomic E-state index is 10.4. The smallest absolute Gasteiger partial charge is 0.120 e. The second-order valence-corrected chi connectivity index (χ2v) is 4.04. The Balaban J connectivity index is 2.77. The zero-order chi connectivity index (χ0) is 11.3. The van der Waals surface area contributed by atoms with Crippen LogP contribution in [0.5, 0.6) is 5.75 Å². The first-order valence-electron chi connectivity index (χ1n) is 5.33. The van der Waals surface area contributed by atoms with E-state index in [1.807, 2.05) is 45.0 Å². The molecule has 1 aromatic carbocycles. The van der Waals surface area contributed by atoms with Crippen molar-refractivity contribution in [3.8, 4) is 5.75 Å². The van der Waals surface area contributed by atoms with E-state index in [0.29, 0.717) is 6.42 Å². The van der Waals surface area contributed by atoms with Crippen molar-refractivity contribution >= 4 is 6.29 Å². The molecular formula is C13H18O2. The zero-order valence-corrected chi connectivity index (χ0v) is 9.57. The van der Waals surface area contributed by atoms with Crippen LogP contribution in [0.25, 0.3) is 0 Å². The van der Waals surface area contributed by atoms with Crippen molar-refractivity contribution in [3.05, 3.63) is 29.8 Å². The molecule has 0 aliphatic heterocycles. The van der Waals surface area contributed by atoms with Gasteiger partial charge >= 0.3 is 0 Å². The monoisotopic (exact) mass is 206 g/mol. The lowest BCUT2D eigenvalue weighted by Gasteiger charge is -2.13. The van der Waals surface area contributed by atoms with Gasteiger partial charge in [-0.25, -0.2) is 0 Å². The van der Waals surface area contributed by atoms with Gasteiger partial charge in [0.2, 0.25) is 0 Å². The number of ether oxygens (including phenoxy) is 1. The van der Waals surface area contributed by atoms with E-state index in [9.17, 15) is 4.79 Å². The first kappa shape index (κ1) is 11.8. The van der Waals surface area contributed by atoms with Crippen LogP contribution in [-0.4, -0.2) is 12.4 Å². The van der Waals surface area contributed by atoms with Gasteiger partial charge in [-0.1, -0.05) is 19.1 Å². The molecule has 0 fully saturated rings. The van der Waals surface area contributed by atoms with Gasteiger partial charge in [0.15, 0.2) is 0 Å². The van der Waals surface area contributed by atoms with Crippen molar-refractivity contribution in [2.75, 3.05) is 0 Å². The Labute approximate surface area is 91.3 Å². The molecule has 0 spiro atoms. The second-order valence-electron chi connectivity index (χ2n) is 4.04. The molecule has 0 bridgehead atoms. The predicted octanol–water partition coefficient (Wildman–Crippen LogP) is 3.17. The average Bonchev–Trinajstić information content (AvgIpc) is 2.17. The molecule has 0 saturated heterocycles. The molecule has 0 N–H and O–H groups in total. The number of benzene rings is 1. The number of aldehydes is 1. The average molecular weight is 206 g/mol. The van der Waals surface area contributed by atoms with Crippen LogP contribution in [0.3, 0.4) is 0 Å². The molecule has 1 unspecified atom stereocenters. The van der Waals surface area contributed by atoms with Crippen molar-refractivity contribution < 1.29 is 9.53 Å². The summed E-state index contributed by atoms with van der Waals surface area (Å²) in [5.74, 6) is 1.14. The summed E-state index contributed by atoms with van der Waals surface area (Å²) in [4.78, 5) is 10.4. The van der Waals surface area contributed by atoms with E-state index in [4.69, 9.17) is 4.74 Å². The van der Waals surface area contributed by atoms with Gasteiger partial charge in [-0.15, -0.1) is 0 Å². The van der Waals surface area contributed by atoms with Crippen molar-refractivity contribution in [2.45, 2.75) is 39.2 Å². The number of hydrogen-bond donors (Lipinski definition) is 0. The standard InChI is InChI=1S/C13H18O2/c1-10(2)15-13-6-4-5-12(9-13)11(3)7-8-14/h4-6,8-11H,7H2,1-3H3. The molecule has 0 aliphatic carbocycles. The van der Waals surface area contributed by atoms with E-state index >= 15 is 0 Å². The normalized spacial score (nSPS) is 12.5. The minimum atomic E-state index is 0.182. The topological polar surface area (TPSA) is 26.3 Å². The fourth-order valence-electron chi connectivity index (χ4n) is 1.45. The first-order chi connectivity index (χ1) is 7.13. The third kappa shape index (κ3) is 3.74. The van der Waals surface area contributed by atoms with Crippen molar-refractivity contribution in [2.24, 2.45) is 0 Å². The minimum absolute atomic E-state index is 0.182. The molecule has 0 amide bonds. The molecule has 0 aromatic heterocycles. The Morgan fingerprint density at radius 3 is 2.67 bits per heavy atom. The van der Waals surface area contributed by atoms with Crippen LogP contribution in [0, 0.1) is 0 Å². The summed E-state index contributed by atoms with van der Waals surface area (Å²) in [7, 11) is 0. The fourth-order valence-corrected chi connectivity index (χ4v) is 1.45. The molecule has 15 heavy (non-hydrogen) atoms. The summed E-state index contributed by atoms with van der Waals surface area (Å²) in [6, 6.07) is 7.95. The number of carbonyl (C=O) groups excluding carboxylic acids is 1. The molecule has 1 aromatic rings. The van der Waals surface area contributed by atoms with Crippen molar-refractivity contribution in [1.82, 2.24) is 0 Å². The third-order valence-corrected chi connectivity index (χ3v) is 2.25. The largest absolute Gasteiger partial charge is 0.491 e. The van der Waals surface area contributed by atoms with E-state index < -0.39 is 0 Å². The first-order valence-corrected chi connectivity index (χ1v) is 5.33. The maximum absolute atomic E-state index is 10.4. The predicted molar refractivity (Wildman–Crippen MR) is 61.3 cm³/mol. The third-order valence-electron chi connectivity index (χ3n) is 2.25. The van der Waals surface area contributed by atoms with Gasteiger partial charge in [0.25, 0.3) is 0 Å². The molecule has 0 aliphatic rings. The van der Waals surface area contributed by atoms with Gasteiger partial charge in [0, 0.05) is 6.42 Å². The van der Waals surface area contributed by atoms with Gasteiger partial charge in [-0.2, -0.15) is 0 Å². The number of carbonyl (C=O) groups is 1. The van der Waals surface area contributed by atoms with Crippen LogP contribution in [-0.2, 0) is 4.79 Å². The van der Waals surface area contributed by atoms with Crippen LogP contribution in [0.4, 0.5) is 0 Å². The van der Waals surface area contributed by atoms with Crippen LogP contribution in [0.2, 0.25) is 0 Å². The zero-order valence-electron chi connectivity index (χ0n) is 9.57. The summed E-state index contributed by atoms with van der Waals surface area (Å²) in [5, 5.41) is 0. The van der Waals surface area contributed by atoms with Crippen LogP contribution < -0.4 is 4.74 Å². The highest BCUT2D eigenvalue weighted by Crippen LogP contribution is 2.22. The molecular weight excluding hydrogens is 188 g/mol. The lowest BCUT2D eigenvalue weighted by molar-refractivity contribution is -0.108. The highest BCUT2D eigenvalue weighted by Gasteiger charge is 2.06. The van der Waals surface area contributed by atoms with Gasteiger partial charge in [-0.05, 0) is 37.5 Å².